The Labute approximate surface area is 168 Å². The molecule has 0 saturated carbocycles. The topological polar surface area (TPSA) is 73.9 Å². The molecule has 150 valence electrons. The van der Waals surface area contributed by atoms with Gasteiger partial charge in [0.15, 0.2) is 0 Å². The zero-order valence-corrected chi connectivity index (χ0v) is 16.4. The molecule has 3 aromatic rings. The highest BCUT2D eigenvalue weighted by atomic mass is 19.1. The number of aromatic nitrogens is 3. The van der Waals surface area contributed by atoms with Crippen molar-refractivity contribution >= 4 is 11.5 Å². The van der Waals surface area contributed by atoms with E-state index in [2.05, 4.69) is 25.2 Å². The number of H-pyrrole nitrogens is 1. The number of hydrogen-bond donors (Lipinski definition) is 2. The summed E-state index contributed by atoms with van der Waals surface area (Å²) in [5.41, 5.74) is 2.46. The molecular weight excluding hydrogens is 369 g/mol. The van der Waals surface area contributed by atoms with Crippen LogP contribution >= 0.6 is 0 Å². The van der Waals surface area contributed by atoms with Crippen LogP contribution in [0.1, 0.15) is 19.0 Å². The highest BCUT2D eigenvalue weighted by molar-refractivity contribution is 5.56. The van der Waals surface area contributed by atoms with Gasteiger partial charge in [-0.15, -0.1) is 0 Å². The second-order valence-corrected chi connectivity index (χ2v) is 7.33. The molecule has 4 rings (SSSR count). The van der Waals surface area contributed by atoms with E-state index in [9.17, 15) is 9.18 Å². The summed E-state index contributed by atoms with van der Waals surface area (Å²) in [5, 5.41) is 3.39. The molecule has 1 fully saturated rings. The van der Waals surface area contributed by atoms with E-state index in [1.165, 1.54) is 18.2 Å². The Bertz CT molecular complexity index is 1020. The molecule has 29 heavy (non-hydrogen) atoms. The smallest absolute Gasteiger partial charge is 0.251 e. The van der Waals surface area contributed by atoms with E-state index in [1.54, 1.807) is 6.20 Å². The van der Waals surface area contributed by atoms with Crippen molar-refractivity contribution in [3.05, 3.63) is 70.5 Å². The van der Waals surface area contributed by atoms with Crippen molar-refractivity contribution in [2.45, 2.75) is 19.8 Å². The van der Waals surface area contributed by atoms with E-state index in [4.69, 9.17) is 0 Å². The number of pyridine rings is 1. The zero-order valence-electron chi connectivity index (χ0n) is 16.4. The van der Waals surface area contributed by atoms with Gasteiger partial charge in [0.1, 0.15) is 17.5 Å². The lowest BCUT2D eigenvalue weighted by Gasteiger charge is -2.19. The van der Waals surface area contributed by atoms with Gasteiger partial charge in [0, 0.05) is 48.8 Å². The lowest BCUT2D eigenvalue weighted by molar-refractivity contribution is 0.620. The number of benzene rings is 1. The number of halogens is 1. The molecule has 6 nitrogen and oxygen atoms in total. The molecule has 0 unspecified atom stereocenters. The van der Waals surface area contributed by atoms with Crippen molar-refractivity contribution in [1.29, 1.82) is 0 Å². The minimum Gasteiger partial charge on any atom is -0.371 e. The van der Waals surface area contributed by atoms with Gasteiger partial charge in [0.2, 0.25) is 0 Å². The van der Waals surface area contributed by atoms with Crippen LogP contribution in [0.4, 0.5) is 15.9 Å². The Morgan fingerprint density at radius 3 is 2.79 bits per heavy atom. The normalized spacial score (nSPS) is 16.2. The van der Waals surface area contributed by atoms with Crippen LogP contribution in [0, 0.1) is 11.7 Å². The lowest BCUT2D eigenvalue weighted by Crippen LogP contribution is -2.22. The van der Waals surface area contributed by atoms with Crippen LogP contribution in [-0.4, -0.2) is 34.6 Å². The molecule has 1 aliphatic heterocycles. The van der Waals surface area contributed by atoms with E-state index in [0.29, 0.717) is 18.2 Å². The number of nitrogens with zero attached hydrogens (tertiary/aromatic N) is 3. The van der Waals surface area contributed by atoms with Crippen LogP contribution in [0.5, 0.6) is 0 Å². The molecule has 0 spiro atoms. The summed E-state index contributed by atoms with van der Waals surface area (Å²) in [6.07, 6.45) is 3.51. The van der Waals surface area contributed by atoms with Gasteiger partial charge in [-0.25, -0.2) is 14.4 Å². The van der Waals surface area contributed by atoms with E-state index >= 15 is 0 Å². The van der Waals surface area contributed by atoms with E-state index in [1.807, 2.05) is 31.2 Å². The quantitative estimate of drug-likeness (QED) is 0.671. The Hall–Kier alpha value is -3.22. The minimum absolute atomic E-state index is 0.152. The first-order valence-electron chi connectivity index (χ1n) is 9.92. The fourth-order valence-corrected chi connectivity index (χ4v) is 3.60. The molecule has 1 aromatic carbocycles. The van der Waals surface area contributed by atoms with Crippen molar-refractivity contribution in [2.24, 2.45) is 5.92 Å². The average molecular weight is 393 g/mol. The fourth-order valence-electron chi connectivity index (χ4n) is 3.60. The van der Waals surface area contributed by atoms with Crippen molar-refractivity contribution in [1.82, 2.24) is 15.0 Å². The summed E-state index contributed by atoms with van der Waals surface area (Å²) >= 11 is 0. The Balaban J connectivity index is 1.34. The Morgan fingerprint density at radius 1 is 1.24 bits per heavy atom. The lowest BCUT2D eigenvalue weighted by atomic mass is 10.1. The highest BCUT2D eigenvalue weighted by Gasteiger charge is 2.22. The van der Waals surface area contributed by atoms with E-state index < -0.39 is 0 Å². The summed E-state index contributed by atoms with van der Waals surface area (Å²) in [5.74, 6) is 1.63. The summed E-state index contributed by atoms with van der Waals surface area (Å²) in [6, 6.07) is 12.0. The Morgan fingerprint density at radius 2 is 2.07 bits per heavy atom. The van der Waals surface area contributed by atoms with Crippen molar-refractivity contribution in [2.75, 3.05) is 29.9 Å². The summed E-state index contributed by atoms with van der Waals surface area (Å²) in [4.78, 5) is 25.7. The number of aryl methyl sites for hydroxylation is 1. The van der Waals surface area contributed by atoms with Crippen molar-refractivity contribution < 1.29 is 4.39 Å². The second kappa shape index (κ2) is 8.43. The third-order valence-electron chi connectivity index (χ3n) is 5.24. The van der Waals surface area contributed by atoms with Crippen LogP contribution < -0.4 is 15.8 Å². The van der Waals surface area contributed by atoms with Gasteiger partial charge < -0.3 is 15.2 Å². The number of nitrogens with one attached hydrogen (secondary N) is 2. The van der Waals surface area contributed by atoms with Gasteiger partial charge in [-0.05, 0) is 55.2 Å². The molecule has 1 saturated heterocycles. The molecule has 0 aliphatic carbocycles. The van der Waals surface area contributed by atoms with Gasteiger partial charge in [-0.1, -0.05) is 6.92 Å². The maximum absolute atomic E-state index is 13.1. The van der Waals surface area contributed by atoms with Gasteiger partial charge >= 0.3 is 0 Å². The van der Waals surface area contributed by atoms with Gasteiger partial charge in [0.25, 0.3) is 5.56 Å². The second-order valence-electron chi connectivity index (χ2n) is 7.33. The first-order chi connectivity index (χ1) is 14.1. The molecule has 2 N–H and O–H groups in total. The number of hydrogen-bond acceptors (Lipinski definition) is 5. The van der Waals surface area contributed by atoms with Crippen LogP contribution in [0.2, 0.25) is 0 Å². The first kappa shape index (κ1) is 19.1. The van der Waals surface area contributed by atoms with Crippen LogP contribution in [0.3, 0.4) is 0 Å². The molecule has 2 aromatic heterocycles. The predicted molar refractivity (Wildman–Crippen MR) is 113 cm³/mol. The molecule has 0 radical (unpaired) electrons. The van der Waals surface area contributed by atoms with Crippen LogP contribution in [0.25, 0.3) is 11.4 Å². The molecule has 0 amide bonds. The molecule has 1 atom stereocenters. The monoisotopic (exact) mass is 393 g/mol. The van der Waals surface area contributed by atoms with Gasteiger partial charge in [-0.3, -0.25) is 4.79 Å². The molecular formula is C22H24FN5O. The zero-order chi connectivity index (χ0) is 20.2. The minimum atomic E-state index is -0.207. The maximum atomic E-state index is 13.1. The first-order valence-corrected chi connectivity index (χ1v) is 9.92. The van der Waals surface area contributed by atoms with Crippen molar-refractivity contribution in [3.63, 3.8) is 0 Å². The largest absolute Gasteiger partial charge is 0.371 e. The summed E-state index contributed by atoms with van der Waals surface area (Å²) in [7, 11) is 0. The highest BCUT2D eigenvalue weighted by Crippen LogP contribution is 2.24. The number of aromatic amines is 1. The maximum Gasteiger partial charge on any atom is 0.251 e. The standard InChI is InChI=1S/C22H24FN5O/c1-2-18-11-21(29)27-22(26-18)16-3-8-20(25-13-16)24-12-15-9-10-28(14-15)19-6-4-17(23)5-7-19/h3-8,11,13,15H,2,9-10,12,14H2,1H3,(H,24,25)(H,26,27,29)/t15-/m1/s1. The number of anilines is 2. The molecule has 1 aliphatic rings. The SMILES string of the molecule is CCc1cc(=O)[nH]c(-c2ccc(NC[C@H]3CCN(c4ccc(F)cc4)C3)nc2)n1. The van der Waals surface area contributed by atoms with Crippen LogP contribution in [0.15, 0.2) is 53.5 Å². The third kappa shape index (κ3) is 4.62. The van der Waals surface area contributed by atoms with Gasteiger partial charge in [0.05, 0.1) is 0 Å². The summed E-state index contributed by atoms with van der Waals surface area (Å²) in [6.45, 7) is 4.70. The predicted octanol–water partition coefficient (Wildman–Crippen LogP) is 3.47. The van der Waals surface area contributed by atoms with E-state index in [-0.39, 0.29) is 11.4 Å². The van der Waals surface area contributed by atoms with Gasteiger partial charge in [-0.2, -0.15) is 0 Å². The third-order valence-corrected chi connectivity index (χ3v) is 5.24. The summed E-state index contributed by atoms with van der Waals surface area (Å²) < 4.78 is 13.1. The Kier molecular flexibility index (Phi) is 5.55. The molecule has 0 bridgehead atoms. The van der Waals surface area contributed by atoms with Crippen molar-refractivity contribution in [3.8, 4) is 11.4 Å². The molecule has 3 heterocycles. The fraction of sp³-hybridized carbons (Fsp3) is 0.318. The molecule has 7 heteroatoms. The van der Waals surface area contributed by atoms with E-state index in [0.717, 1.165) is 48.8 Å². The average Bonchev–Trinajstić information content (AvgIpc) is 3.22. The number of rotatable bonds is 6. The van der Waals surface area contributed by atoms with Crippen LogP contribution in [-0.2, 0) is 6.42 Å².